The summed E-state index contributed by atoms with van der Waals surface area (Å²) in [6, 6.07) is 0. The summed E-state index contributed by atoms with van der Waals surface area (Å²) in [6.45, 7) is 1.72. The van der Waals surface area contributed by atoms with Crippen molar-refractivity contribution in [1.82, 2.24) is 5.32 Å². The van der Waals surface area contributed by atoms with Crippen molar-refractivity contribution in [3.63, 3.8) is 0 Å². The number of unbranched alkanes of at least 4 members (excludes halogenated alkanes) is 6. The fourth-order valence-corrected chi connectivity index (χ4v) is 3.41. The van der Waals surface area contributed by atoms with Crippen molar-refractivity contribution in [2.75, 3.05) is 6.54 Å². The number of carboxylic acids is 2. The van der Waals surface area contributed by atoms with Crippen LogP contribution in [0.1, 0.15) is 64.7 Å². The number of carbonyl (C=O) groups is 3. The van der Waals surface area contributed by atoms with Gasteiger partial charge in [0.05, 0.1) is 6.42 Å². The average molecular weight is 407 g/mol. The summed E-state index contributed by atoms with van der Waals surface area (Å²) < 4.78 is 29.1. The third-order valence-corrected chi connectivity index (χ3v) is 5.65. The minimum absolute atomic E-state index is 0.417. The normalized spacial score (nSPS) is 14.0. The highest BCUT2D eigenvalue weighted by Crippen LogP contribution is 2.26. The zero-order chi connectivity index (χ0) is 20.9. The predicted molar refractivity (Wildman–Crippen MR) is 98.9 cm³/mol. The number of carboxylic acid groups (broad SMARTS) is 2. The molecule has 0 saturated carbocycles. The maximum atomic E-state index is 11.7. The summed E-state index contributed by atoms with van der Waals surface area (Å²) >= 11 is 0. The van der Waals surface area contributed by atoms with E-state index in [4.69, 9.17) is 10.2 Å². The molecule has 0 saturated heterocycles. The van der Waals surface area contributed by atoms with Crippen LogP contribution in [-0.4, -0.2) is 52.3 Å². The van der Waals surface area contributed by atoms with Gasteiger partial charge in [0.15, 0.2) is 0 Å². The maximum absolute atomic E-state index is 11.7. The van der Waals surface area contributed by atoms with E-state index < -0.39 is 52.1 Å². The van der Waals surface area contributed by atoms with Gasteiger partial charge in [-0.3, -0.25) is 18.9 Å². The van der Waals surface area contributed by atoms with Crippen LogP contribution in [0.4, 0.5) is 0 Å². The molecular weight excluding hydrogens is 378 g/mol. The Kier molecular flexibility index (Phi) is 11.6. The average Bonchev–Trinajstić information content (AvgIpc) is 2.54. The smallest absolute Gasteiger partial charge is 0.328 e. The van der Waals surface area contributed by atoms with Crippen LogP contribution in [0.5, 0.6) is 0 Å². The molecule has 0 aromatic carbocycles. The van der Waals surface area contributed by atoms with Gasteiger partial charge in [-0.15, -0.1) is 0 Å². The van der Waals surface area contributed by atoms with E-state index in [1.165, 1.54) is 25.3 Å². The van der Waals surface area contributed by atoms with Gasteiger partial charge in [0.2, 0.25) is 10.7 Å². The summed E-state index contributed by atoms with van der Waals surface area (Å²) in [5.74, 6) is -4.23. The fourth-order valence-electron chi connectivity index (χ4n) is 2.53. The Bertz CT molecular complexity index is 629. The quantitative estimate of drug-likeness (QED) is 0.182. The number of carbonyl (C=O) groups excluding carboxylic acids is 1. The van der Waals surface area contributed by atoms with Gasteiger partial charge >= 0.3 is 11.9 Å². The lowest BCUT2D eigenvalue weighted by Gasteiger charge is -2.24. The molecule has 10 heteroatoms. The standard InChI is InChI=1S/C17H29NO8S/c1-2-3-4-5-6-7-8-9-10-14(19)18-12-11-17(16(22)23,13-15(20)21)27(24,25)26/h9-10H,2-8,11-13H2,1H3,(H,18,19)(H,20,21)(H,22,23)(H,24,25,26). The van der Waals surface area contributed by atoms with E-state index in [0.717, 1.165) is 19.3 Å². The minimum Gasteiger partial charge on any atom is -0.481 e. The number of rotatable bonds is 15. The minimum atomic E-state index is -5.20. The number of hydrogen-bond acceptors (Lipinski definition) is 5. The van der Waals surface area contributed by atoms with Crippen LogP contribution >= 0.6 is 0 Å². The molecule has 1 unspecified atom stereocenters. The van der Waals surface area contributed by atoms with Crippen LogP contribution in [0.3, 0.4) is 0 Å². The molecular formula is C17H29NO8S. The van der Waals surface area contributed by atoms with Gasteiger partial charge in [0, 0.05) is 6.54 Å². The van der Waals surface area contributed by atoms with E-state index in [1.54, 1.807) is 6.08 Å². The van der Waals surface area contributed by atoms with Crippen molar-refractivity contribution >= 4 is 28.0 Å². The van der Waals surface area contributed by atoms with Crippen molar-refractivity contribution in [1.29, 1.82) is 0 Å². The van der Waals surface area contributed by atoms with Crippen LogP contribution < -0.4 is 5.32 Å². The molecule has 0 aliphatic carbocycles. The Morgan fingerprint density at radius 2 is 1.63 bits per heavy atom. The molecule has 0 fully saturated rings. The highest BCUT2D eigenvalue weighted by molar-refractivity contribution is 7.88. The molecule has 27 heavy (non-hydrogen) atoms. The van der Waals surface area contributed by atoms with Crippen molar-refractivity contribution in [3.8, 4) is 0 Å². The third kappa shape index (κ3) is 9.53. The first-order chi connectivity index (χ1) is 12.6. The largest absolute Gasteiger partial charge is 0.481 e. The number of allylic oxidation sites excluding steroid dienone is 1. The maximum Gasteiger partial charge on any atom is 0.328 e. The molecule has 4 N–H and O–H groups in total. The summed E-state index contributed by atoms with van der Waals surface area (Å²) in [7, 11) is -5.20. The van der Waals surface area contributed by atoms with Crippen molar-refractivity contribution in [2.24, 2.45) is 0 Å². The molecule has 1 atom stereocenters. The first-order valence-electron chi connectivity index (χ1n) is 8.93. The number of amides is 1. The molecule has 156 valence electrons. The fraction of sp³-hybridized carbons (Fsp3) is 0.706. The van der Waals surface area contributed by atoms with Gasteiger partial charge in [0.25, 0.3) is 10.1 Å². The van der Waals surface area contributed by atoms with Crippen LogP contribution in [0.25, 0.3) is 0 Å². The molecule has 0 radical (unpaired) electrons. The number of aliphatic carboxylic acids is 2. The molecule has 0 aromatic heterocycles. The molecule has 0 rings (SSSR count). The van der Waals surface area contributed by atoms with Gasteiger partial charge in [-0.2, -0.15) is 8.42 Å². The molecule has 9 nitrogen and oxygen atoms in total. The molecule has 0 spiro atoms. The zero-order valence-corrected chi connectivity index (χ0v) is 16.3. The Morgan fingerprint density at radius 1 is 1.04 bits per heavy atom. The van der Waals surface area contributed by atoms with Crippen molar-refractivity contribution in [3.05, 3.63) is 12.2 Å². The van der Waals surface area contributed by atoms with E-state index in [2.05, 4.69) is 12.2 Å². The highest BCUT2D eigenvalue weighted by atomic mass is 32.2. The summed E-state index contributed by atoms with van der Waals surface area (Å²) in [4.78, 5) is 33.8. The number of nitrogens with one attached hydrogen (secondary N) is 1. The van der Waals surface area contributed by atoms with Crippen LogP contribution in [0, 0.1) is 0 Å². The molecule has 0 bridgehead atoms. The number of hydrogen-bond donors (Lipinski definition) is 4. The van der Waals surface area contributed by atoms with E-state index in [9.17, 15) is 27.4 Å². The first kappa shape index (κ1) is 25.1. The van der Waals surface area contributed by atoms with Crippen LogP contribution in [-0.2, 0) is 24.5 Å². The SMILES string of the molecule is CCCCCCCCC=CC(=O)NCCC(CC(=O)O)(C(=O)O)S(=O)(=O)O. The van der Waals surface area contributed by atoms with Crippen LogP contribution in [0.15, 0.2) is 12.2 Å². The molecule has 0 heterocycles. The first-order valence-corrected chi connectivity index (χ1v) is 10.4. The lowest BCUT2D eigenvalue weighted by Crippen LogP contribution is -2.50. The Labute approximate surface area is 159 Å². The summed E-state index contributed by atoms with van der Waals surface area (Å²) in [5, 5.41) is 20.2. The van der Waals surface area contributed by atoms with Gasteiger partial charge < -0.3 is 15.5 Å². The van der Waals surface area contributed by atoms with Crippen molar-refractivity contribution < 1.29 is 37.6 Å². The summed E-state index contributed by atoms with van der Waals surface area (Å²) in [6.07, 6.45) is 8.28. The summed E-state index contributed by atoms with van der Waals surface area (Å²) in [5.41, 5.74) is 0. The Hall–Kier alpha value is -1.94. The van der Waals surface area contributed by atoms with Gasteiger partial charge in [-0.25, -0.2) is 0 Å². The van der Waals surface area contributed by atoms with Gasteiger partial charge in [-0.05, 0) is 25.3 Å². The second kappa shape index (κ2) is 12.4. The third-order valence-electron chi connectivity index (χ3n) is 4.14. The van der Waals surface area contributed by atoms with E-state index in [-0.39, 0.29) is 0 Å². The monoisotopic (exact) mass is 407 g/mol. The van der Waals surface area contributed by atoms with Gasteiger partial charge in [-0.1, -0.05) is 45.1 Å². The molecule has 0 aromatic rings. The van der Waals surface area contributed by atoms with E-state index in [1.807, 2.05) is 0 Å². The lowest BCUT2D eigenvalue weighted by molar-refractivity contribution is -0.147. The Balaban J connectivity index is 4.47. The second-order valence-electron chi connectivity index (χ2n) is 6.34. The second-order valence-corrected chi connectivity index (χ2v) is 8.08. The van der Waals surface area contributed by atoms with E-state index >= 15 is 0 Å². The molecule has 0 aliphatic rings. The van der Waals surface area contributed by atoms with Crippen LogP contribution in [0.2, 0.25) is 0 Å². The Morgan fingerprint density at radius 3 is 2.15 bits per heavy atom. The predicted octanol–water partition coefficient (Wildman–Crippen LogP) is 1.99. The molecule has 0 aliphatic heterocycles. The van der Waals surface area contributed by atoms with Gasteiger partial charge in [0.1, 0.15) is 0 Å². The van der Waals surface area contributed by atoms with E-state index in [0.29, 0.717) is 6.42 Å². The lowest BCUT2D eigenvalue weighted by atomic mass is 10.0. The highest BCUT2D eigenvalue weighted by Gasteiger charge is 2.52. The molecule has 1 amide bonds. The zero-order valence-electron chi connectivity index (χ0n) is 15.5. The topological polar surface area (TPSA) is 158 Å². The van der Waals surface area contributed by atoms with Crippen molar-refractivity contribution in [2.45, 2.75) is 69.5 Å².